The number of hydrogen-bond acceptors (Lipinski definition) is 3. The van der Waals surface area contributed by atoms with E-state index in [0.29, 0.717) is 6.10 Å². The van der Waals surface area contributed by atoms with Crippen molar-refractivity contribution in [1.82, 2.24) is 10.2 Å². The van der Waals surface area contributed by atoms with Crippen LogP contribution in [0.5, 0.6) is 0 Å². The zero-order valence-corrected chi connectivity index (χ0v) is 10.5. The summed E-state index contributed by atoms with van der Waals surface area (Å²) in [7, 11) is 2.78. The lowest BCUT2D eigenvalue weighted by molar-refractivity contribution is -0.0205. The molecule has 0 amide bonds. The third-order valence-electron chi connectivity index (χ3n) is 2.41. The maximum absolute atomic E-state index is 5.68. The van der Waals surface area contributed by atoms with Gasteiger partial charge in [-0.15, -0.1) is 9.24 Å². The molecule has 0 aromatic carbocycles. The number of nitrogens with zero attached hydrogens (tertiary/aromatic N) is 1. The van der Waals surface area contributed by atoms with Crippen molar-refractivity contribution in [1.29, 1.82) is 0 Å². The molecule has 0 bridgehead atoms. The Morgan fingerprint density at radius 2 is 2.36 bits per heavy atom. The van der Waals surface area contributed by atoms with Crippen LogP contribution in [0.1, 0.15) is 13.8 Å². The molecule has 1 fully saturated rings. The summed E-state index contributed by atoms with van der Waals surface area (Å²) in [5.74, 6) is 0.719. The van der Waals surface area contributed by atoms with Gasteiger partial charge in [0, 0.05) is 25.9 Å². The van der Waals surface area contributed by atoms with E-state index >= 15 is 0 Å². The summed E-state index contributed by atoms with van der Waals surface area (Å²) in [6.45, 7) is 9.54. The second-order valence-electron chi connectivity index (χ2n) is 4.30. The number of ether oxygens (including phenoxy) is 1. The smallest absolute Gasteiger partial charge is 0.0826 e. The predicted octanol–water partition coefficient (Wildman–Crippen LogP) is 0.765. The molecular formula is C10H23N2OP. The van der Waals surface area contributed by atoms with Crippen LogP contribution in [-0.4, -0.2) is 50.1 Å². The highest BCUT2D eigenvalue weighted by atomic mass is 31.0. The first-order valence-electron chi connectivity index (χ1n) is 5.47. The topological polar surface area (TPSA) is 24.5 Å². The molecule has 0 spiro atoms. The summed E-state index contributed by atoms with van der Waals surface area (Å²) >= 11 is 0. The minimum Gasteiger partial charge on any atom is -0.374 e. The van der Waals surface area contributed by atoms with Crippen molar-refractivity contribution in [3.05, 3.63) is 0 Å². The summed E-state index contributed by atoms with van der Waals surface area (Å²) < 4.78 is 5.68. The molecule has 2 atom stereocenters. The molecule has 0 aliphatic carbocycles. The average Bonchev–Trinajstić information content (AvgIpc) is 2.18. The third kappa shape index (κ3) is 4.70. The Balaban J connectivity index is 2.11. The summed E-state index contributed by atoms with van der Waals surface area (Å²) in [4.78, 5) is 2.41. The summed E-state index contributed by atoms with van der Waals surface area (Å²) in [6, 6.07) is 0. The van der Waals surface area contributed by atoms with Crippen molar-refractivity contribution >= 4 is 9.24 Å². The third-order valence-corrected chi connectivity index (χ3v) is 2.92. The standard InChI is InChI=1S/C10H23N2OP/c1-9(2)5-11-6-10-7-12(8-14)3-4-13-10/h9-11H,3-8,14H2,1-2H3. The molecule has 1 aliphatic rings. The fraction of sp³-hybridized carbons (Fsp3) is 1.00. The second-order valence-corrected chi connectivity index (χ2v) is 4.67. The molecule has 14 heavy (non-hydrogen) atoms. The predicted molar refractivity (Wildman–Crippen MR) is 63.6 cm³/mol. The van der Waals surface area contributed by atoms with Crippen LogP contribution in [0.3, 0.4) is 0 Å². The number of rotatable bonds is 5. The molecule has 1 rings (SSSR count). The number of hydrogen-bond donors (Lipinski definition) is 1. The van der Waals surface area contributed by atoms with E-state index in [1.807, 2.05) is 0 Å². The van der Waals surface area contributed by atoms with Crippen LogP contribution in [0, 0.1) is 5.92 Å². The minimum atomic E-state index is 0.378. The Bertz CT molecular complexity index is 155. The molecule has 0 aromatic rings. The Hall–Kier alpha value is 0.310. The van der Waals surface area contributed by atoms with Gasteiger partial charge in [-0.1, -0.05) is 13.8 Å². The van der Waals surface area contributed by atoms with Gasteiger partial charge in [0.05, 0.1) is 12.7 Å². The Labute approximate surface area is 89.8 Å². The fourth-order valence-corrected chi connectivity index (χ4v) is 1.93. The van der Waals surface area contributed by atoms with Crippen LogP contribution in [0.25, 0.3) is 0 Å². The van der Waals surface area contributed by atoms with Gasteiger partial charge in [0.1, 0.15) is 0 Å². The first-order chi connectivity index (χ1) is 6.72. The summed E-state index contributed by atoms with van der Waals surface area (Å²) in [5.41, 5.74) is 0. The van der Waals surface area contributed by atoms with Gasteiger partial charge in [-0.3, -0.25) is 4.90 Å². The maximum Gasteiger partial charge on any atom is 0.0826 e. The Kier molecular flexibility index (Phi) is 5.95. The van der Waals surface area contributed by atoms with Crippen LogP contribution >= 0.6 is 9.24 Å². The molecule has 0 radical (unpaired) electrons. The van der Waals surface area contributed by atoms with Gasteiger partial charge in [0.2, 0.25) is 0 Å². The van der Waals surface area contributed by atoms with E-state index in [2.05, 4.69) is 33.3 Å². The molecule has 4 heteroatoms. The van der Waals surface area contributed by atoms with Gasteiger partial charge in [-0.2, -0.15) is 0 Å². The molecule has 3 nitrogen and oxygen atoms in total. The fourth-order valence-electron chi connectivity index (χ4n) is 1.60. The lowest BCUT2D eigenvalue weighted by Gasteiger charge is -2.32. The van der Waals surface area contributed by atoms with Crippen molar-refractivity contribution in [3.63, 3.8) is 0 Å². The first kappa shape index (κ1) is 12.4. The zero-order valence-electron chi connectivity index (χ0n) is 9.33. The number of morpholine rings is 1. The normalized spacial score (nSPS) is 24.4. The summed E-state index contributed by atoms with van der Waals surface area (Å²) in [5, 5.41) is 3.44. The highest BCUT2D eigenvalue weighted by Gasteiger charge is 2.18. The van der Waals surface area contributed by atoms with Crippen molar-refractivity contribution in [2.45, 2.75) is 20.0 Å². The molecule has 84 valence electrons. The zero-order chi connectivity index (χ0) is 10.4. The van der Waals surface area contributed by atoms with Crippen molar-refractivity contribution < 1.29 is 4.74 Å². The largest absolute Gasteiger partial charge is 0.374 e. The molecular weight excluding hydrogens is 195 g/mol. The highest BCUT2D eigenvalue weighted by molar-refractivity contribution is 7.16. The molecule has 1 heterocycles. The van der Waals surface area contributed by atoms with Crippen molar-refractivity contribution in [2.24, 2.45) is 5.92 Å². The van der Waals surface area contributed by atoms with E-state index in [1.54, 1.807) is 0 Å². The van der Waals surface area contributed by atoms with E-state index in [0.717, 1.165) is 45.0 Å². The van der Waals surface area contributed by atoms with E-state index in [4.69, 9.17) is 4.74 Å². The van der Waals surface area contributed by atoms with E-state index in [1.165, 1.54) is 0 Å². The average molecular weight is 218 g/mol. The lowest BCUT2D eigenvalue weighted by Crippen LogP contribution is -2.46. The van der Waals surface area contributed by atoms with Crippen LogP contribution in [0.15, 0.2) is 0 Å². The molecule has 0 aromatic heterocycles. The molecule has 1 saturated heterocycles. The van der Waals surface area contributed by atoms with Gasteiger partial charge in [0.25, 0.3) is 0 Å². The van der Waals surface area contributed by atoms with Crippen molar-refractivity contribution in [3.8, 4) is 0 Å². The maximum atomic E-state index is 5.68. The quantitative estimate of drug-likeness (QED) is 0.690. The van der Waals surface area contributed by atoms with Gasteiger partial charge < -0.3 is 10.1 Å². The van der Waals surface area contributed by atoms with Crippen LogP contribution in [-0.2, 0) is 4.74 Å². The Morgan fingerprint density at radius 3 is 3.00 bits per heavy atom. The van der Waals surface area contributed by atoms with Gasteiger partial charge in [-0.05, 0) is 12.5 Å². The minimum absolute atomic E-state index is 0.378. The van der Waals surface area contributed by atoms with Gasteiger partial charge in [0.15, 0.2) is 0 Å². The van der Waals surface area contributed by atoms with Crippen LogP contribution < -0.4 is 5.32 Å². The SMILES string of the molecule is CC(C)CNCC1CN(CP)CCO1. The summed E-state index contributed by atoms with van der Waals surface area (Å²) in [6.07, 6.45) is 1.44. The molecule has 1 aliphatic heterocycles. The lowest BCUT2D eigenvalue weighted by atomic mass is 10.2. The first-order valence-corrected chi connectivity index (χ1v) is 6.28. The molecule has 0 saturated carbocycles. The van der Waals surface area contributed by atoms with E-state index in [9.17, 15) is 0 Å². The van der Waals surface area contributed by atoms with Gasteiger partial charge >= 0.3 is 0 Å². The molecule has 1 N–H and O–H groups in total. The van der Waals surface area contributed by atoms with Gasteiger partial charge in [-0.25, -0.2) is 0 Å². The number of nitrogens with one attached hydrogen (secondary N) is 1. The van der Waals surface area contributed by atoms with Crippen LogP contribution in [0.4, 0.5) is 0 Å². The van der Waals surface area contributed by atoms with E-state index in [-0.39, 0.29) is 0 Å². The highest BCUT2D eigenvalue weighted by Crippen LogP contribution is 2.05. The van der Waals surface area contributed by atoms with Crippen molar-refractivity contribution in [2.75, 3.05) is 39.1 Å². The Morgan fingerprint density at radius 1 is 1.57 bits per heavy atom. The monoisotopic (exact) mass is 218 g/mol. The second kappa shape index (κ2) is 6.73. The molecule has 2 unspecified atom stereocenters. The van der Waals surface area contributed by atoms with E-state index < -0.39 is 0 Å². The van der Waals surface area contributed by atoms with Crippen LogP contribution in [0.2, 0.25) is 0 Å².